The van der Waals surface area contributed by atoms with Gasteiger partial charge >= 0.3 is 0 Å². The molecule has 14 heavy (non-hydrogen) atoms. The highest BCUT2D eigenvalue weighted by molar-refractivity contribution is 5.89. The van der Waals surface area contributed by atoms with E-state index in [1.165, 1.54) is 6.07 Å². The van der Waals surface area contributed by atoms with Crippen molar-refractivity contribution in [1.82, 2.24) is 4.98 Å². The number of aryl methyl sites for hydroxylation is 1. The van der Waals surface area contributed by atoms with Crippen LogP contribution in [-0.2, 0) is 6.42 Å². The molecule has 0 atom stereocenters. The maximum absolute atomic E-state index is 10.7. The van der Waals surface area contributed by atoms with E-state index in [1.54, 1.807) is 6.07 Å². The molecule has 0 aliphatic carbocycles. The van der Waals surface area contributed by atoms with E-state index in [0.717, 1.165) is 17.6 Å². The van der Waals surface area contributed by atoms with Crippen LogP contribution < -0.4 is 0 Å². The van der Waals surface area contributed by atoms with Crippen LogP contribution in [-0.4, -0.2) is 9.91 Å². The molecule has 0 aliphatic heterocycles. The van der Waals surface area contributed by atoms with Crippen molar-refractivity contribution in [3.8, 4) is 0 Å². The number of non-ortho nitro benzene ring substituents is 1. The summed E-state index contributed by atoms with van der Waals surface area (Å²) in [6.07, 6.45) is 0.839. The third kappa shape index (κ3) is 1.25. The molecule has 4 nitrogen and oxygen atoms in total. The molecule has 2 rings (SSSR count). The van der Waals surface area contributed by atoms with Crippen molar-refractivity contribution in [2.75, 3.05) is 0 Å². The summed E-state index contributed by atoms with van der Waals surface area (Å²) >= 11 is 0. The second-order valence-corrected chi connectivity index (χ2v) is 3.07. The highest BCUT2D eigenvalue weighted by Gasteiger charge is 2.12. The first kappa shape index (κ1) is 8.74. The number of nitrogens with zero attached hydrogens (tertiary/aromatic N) is 1. The summed E-state index contributed by atoms with van der Waals surface area (Å²) in [6.45, 7) is 2.00. The van der Waals surface area contributed by atoms with Crippen LogP contribution in [0.3, 0.4) is 0 Å². The summed E-state index contributed by atoms with van der Waals surface area (Å²) in [6, 6.07) is 7.69. The fourth-order valence-corrected chi connectivity index (χ4v) is 1.48. The highest BCUT2D eigenvalue weighted by atomic mass is 16.6. The molecule has 0 unspecified atom stereocenters. The smallest absolute Gasteiger partial charge is 0.279 e. The zero-order valence-corrected chi connectivity index (χ0v) is 7.70. The van der Waals surface area contributed by atoms with Crippen LogP contribution >= 0.6 is 0 Å². The van der Waals surface area contributed by atoms with Crippen LogP contribution in [0.15, 0.2) is 18.2 Å². The second kappa shape index (κ2) is 3.14. The molecule has 1 heterocycles. The lowest BCUT2D eigenvalue weighted by Gasteiger charge is -1.91. The van der Waals surface area contributed by atoms with Gasteiger partial charge in [0.05, 0.1) is 15.8 Å². The molecule has 4 heteroatoms. The predicted molar refractivity (Wildman–Crippen MR) is 53.2 cm³/mol. The topological polar surface area (TPSA) is 58.9 Å². The summed E-state index contributed by atoms with van der Waals surface area (Å²) in [5, 5.41) is 11.3. The van der Waals surface area contributed by atoms with Gasteiger partial charge in [-0.25, -0.2) is 0 Å². The quantitative estimate of drug-likeness (QED) is 0.582. The molecule has 0 saturated heterocycles. The third-order valence-electron chi connectivity index (χ3n) is 2.21. The Labute approximate surface area is 80.7 Å². The highest BCUT2D eigenvalue weighted by Crippen LogP contribution is 2.25. The first-order valence-electron chi connectivity index (χ1n) is 4.38. The van der Waals surface area contributed by atoms with Gasteiger partial charge in [0.2, 0.25) is 0 Å². The Morgan fingerprint density at radius 1 is 1.57 bits per heavy atom. The van der Waals surface area contributed by atoms with E-state index >= 15 is 0 Å². The SMILES string of the molecule is CCc1cc2c([N+](=O)[O-])c[c]cc2[nH]1. The minimum Gasteiger partial charge on any atom is -0.358 e. The van der Waals surface area contributed by atoms with E-state index in [0.29, 0.717) is 5.39 Å². The second-order valence-electron chi connectivity index (χ2n) is 3.07. The number of hydrogen-bond acceptors (Lipinski definition) is 2. The van der Waals surface area contributed by atoms with E-state index in [1.807, 2.05) is 13.0 Å². The fraction of sp³-hybridized carbons (Fsp3) is 0.200. The van der Waals surface area contributed by atoms with Crippen LogP contribution in [0.25, 0.3) is 10.9 Å². The number of rotatable bonds is 2. The summed E-state index contributed by atoms with van der Waals surface area (Å²) in [5.74, 6) is 0. The predicted octanol–water partition coefficient (Wildman–Crippen LogP) is 2.44. The average molecular weight is 189 g/mol. The molecule has 2 aromatic rings. The van der Waals surface area contributed by atoms with Gasteiger partial charge in [0.25, 0.3) is 5.69 Å². The molecule has 0 spiro atoms. The van der Waals surface area contributed by atoms with Crippen molar-refractivity contribution in [3.05, 3.63) is 40.1 Å². The van der Waals surface area contributed by atoms with E-state index in [2.05, 4.69) is 11.1 Å². The summed E-state index contributed by atoms with van der Waals surface area (Å²) < 4.78 is 0. The van der Waals surface area contributed by atoms with Gasteiger partial charge < -0.3 is 4.98 Å². The van der Waals surface area contributed by atoms with E-state index in [-0.39, 0.29) is 10.6 Å². The van der Waals surface area contributed by atoms with E-state index in [4.69, 9.17) is 0 Å². The van der Waals surface area contributed by atoms with Crippen molar-refractivity contribution in [2.24, 2.45) is 0 Å². The molecule has 1 aromatic carbocycles. The van der Waals surface area contributed by atoms with Gasteiger partial charge in [-0.05, 0) is 24.6 Å². The van der Waals surface area contributed by atoms with Crippen LogP contribution in [0.1, 0.15) is 12.6 Å². The van der Waals surface area contributed by atoms with Crippen LogP contribution in [0.5, 0.6) is 0 Å². The molecule has 0 fully saturated rings. The van der Waals surface area contributed by atoms with Gasteiger partial charge in [-0.1, -0.05) is 6.92 Å². The third-order valence-corrected chi connectivity index (χ3v) is 2.21. The fourth-order valence-electron chi connectivity index (χ4n) is 1.48. The number of nitro benzene ring substituents is 1. The Bertz CT molecular complexity index is 488. The Morgan fingerprint density at radius 2 is 2.36 bits per heavy atom. The number of aromatic nitrogens is 1. The number of fused-ring (bicyclic) bond motifs is 1. The number of hydrogen-bond donors (Lipinski definition) is 1. The number of benzene rings is 1. The van der Waals surface area contributed by atoms with Gasteiger partial charge in [-0.3, -0.25) is 10.1 Å². The molecule has 1 radical (unpaired) electrons. The van der Waals surface area contributed by atoms with Crippen molar-refractivity contribution in [2.45, 2.75) is 13.3 Å². The Hall–Kier alpha value is -1.84. The minimum atomic E-state index is -0.383. The lowest BCUT2D eigenvalue weighted by Crippen LogP contribution is -1.87. The van der Waals surface area contributed by atoms with E-state index < -0.39 is 0 Å². The normalized spacial score (nSPS) is 10.6. The standard InChI is InChI=1S/C10H9N2O2/c1-2-7-6-8-9(11-7)4-3-5-10(8)12(13)14/h4-6,11H,2H2,1H3. The van der Waals surface area contributed by atoms with Gasteiger partial charge in [0.15, 0.2) is 0 Å². The molecule has 0 amide bonds. The molecule has 1 N–H and O–H groups in total. The van der Waals surface area contributed by atoms with Gasteiger partial charge in [0.1, 0.15) is 0 Å². The Kier molecular flexibility index (Phi) is 1.96. The van der Waals surface area contributed by atoms with Crippen molar-refractivity contribution < 1.29 is 4.92 Å². The Balaban J connectivity index is 2.73. The number of H-pyrrole nitrogens is 1. The molecule has 1 aromatic heterocycles. The lowest BCUT2D eigenvalue weighted by atomic mass is 10.2. The number of aromatic amines is 1. The average Bonchev–Trinajstić information content (AvgIpc) is 2.59. The Morgan fingerprint density at radius 3 is 3.00 bits per heavy atom. The number of nitro groups is 1. The molecule has 0 saturated carbocycles. The first-order chi connectivity index (χ1) is 6.72. The summed E-state index contributed by atoms with van der Waals surface area (Å²) in [7, 11) is 0. The number of nitrogens with one attached hydrogen (secondary N) is 1. The maximum Gasteiger partial charge on any atom is 0.279 e. The zero-order chi connectivity index (χ0) is 10.1. The molecule has 71 valence electrons. The van der Waals surface area contributed by atoms with Crippen LogP contribution in [0, 0.1) is 16.2 Å². The van der Waals surface area contributed by atoms with Gasteiger partial charge in [-0.15, -0.1) is 0 Å². The summed E-state index contributed by atoms with van der Waals surface area (Å²) in [4.78, 5) is 13.4. The lowest BCUT2D eigenvalue weighted by molar-refractivity contribution is -0.383. The molecular formula is C10H9N2O2. The first-order valence-corrected chi connectivity index (χ1v) is 4.38. The molecule has 0 aliphatic rings. The van der Waals surface area contributed by atoms with E-state index in [9.17, 15) is 10.1 Å². The van der Waals surface area contributed by atoms with Crippen LogP contribution in [0.2, 0.25) is 0 Å². The van der Waals surface area contributed by atoms with Crippen LogP contribution in [0.4, 0.5) is 5.69 Å². The minimum absolute atomic E-state index is 0.110. The molecule has 0 bridgehead atoms. The monoisotopic (exact) mass is 189 g/mol. The maximum atomic E-state index is 10.7. The van der Waals surface area contributed by atoms with Crippen molar-refractivity contribution in [1.29, 1.82) is 0 Å². The zero-order valence-electron chi connectivity index (χ0n) is 7.70. The van der Waals surface area contributed by atoms with Crippen molar-refractivity contribution >= 4 is 16.6 Å². The van der Waals surface area contributed by atoms with Crippen molar-refractivity contribution in [3.63, 3.8) is 0 Å². The summed E-state index contributed by atoms with van der Waals surface area (Å²) in [5.41, 5.74) is 1.89. The van der Waals surface area contributed by atoms with Gasteiger partial charge in [-0.2, -0.15) is 0 Å². The van der Waals surface area contributed by atoms with Gasteiger partial charge in [0, 0.05) is 11.8 Å². The molecular weight excluding hydrogens is 180 g/mol. The largest absolute Gasteiger partial charge is 0.358 e.